The number of benzene rings is 2. The predicted octanol–water partition coefficient (Wildman–Crippen LogP) is 4.30. The Morgan fingerprint density at radius 1 is 1.17 bits per heavy atom. The van der Waals surface area contributed by atoms with Gasteiger partial charge in [-0.05, 0) is 42.5 Å². The summed E-state index contributed by atoms with van der Waals surface area (Å²) >= 11 is 13.2. The van der Waals surface area contributed by atoms with Crippen molar-refractivity contribution in [2.24, 2.45) is 0 Å². The smallest absolute Gasteiger partial charge is 0.238 e. The van der Waals surface area contributed by atoms with Crippen LogP contribution in [-0.2, 0) is 16.1 Å². The molecule has 0 radical (unpaired) electrons. The van der Waals surface area contributed by atoms with Gasteiger partial charge < -0.3 is 10.6 Å². The van der Waals surface area contributed by atoms with Crippen LogP contribution in [0.15, 0.2) is 59.8 Å². The van der Waals surface area contributed by atoms with E-state index in [4.69, 9.17) is 23.2 Å². The number of rotatable bonds is 5. The Morgan fingerprint density at radius 2 is 1.93 bits per heavy atom. The molecule has 1 aromatic heterocycles. The van der Waals surface area contributed by atoms with Crippen LogP contribution in [0.3, 0.4) is 0 Å². The molecule has 2 aromatic carbocycles. The molecule has 2 amide bonds. The van der Waals surface area contributed by atoms with Gasteiger partial charge in [-0.2, -0.15) is 5.10 Å². The van der Waals surface area contributed by atoms with Crippen molar-refractivity contribution in [3.63, 3.8) is 0 Å². The van der Waals surface area contributed by atoms with Gasteiger partial charge in [0.1, 0.15) is 0 Å². The number of fused-ring (bicyclic) bond motifs is 1. The number of carbonyl (C=O) groups excluding carboxylic acids is 2. The third kappa shape index (κ3) is 4.75. The van der Waals surface area contributed by atoms with E-state index in [2.05, 4.69) is 15.7 Å². The van der Waals surface area contributed by atoms with Crippen LogP contribution < -0.4 is 10.6 Å². The molecule has 1 aliphatic heterocycles. The summed E-state index contributed by atoms with van der Waals surface area (Å²) in [5, 5.41) is 10.7. The number of anilines is 1. The second kappa shape index (κ2) is 8.49. The molecule has 1 aliphatic rings. The normalized spacial score (nSPS) is 15.5. The van der Waals surface area contributed by atoms with Gasteiger partial charge in [-0.1, -0.05) is 23.2 Å². The fourth-order valence-electron chi connectivity index (χ4n) is 2.88. The Kier molecular flexibility index (Phi) is 5.80. The molecule has 9 heteroatoms. The number of nitrogens with one attached hydrogen (secondary N) is 2. The number of amides is 2. The number of aromatic nitrogens is 2. The van der Waals surface area contributed by atoms with Gasteiger partial charge in [0, 0.05) is 39.7 Å². The van der Waals surface area contributed by atoms with E-state index < -0.39 is 5.25 Å². The van der Waals surface area contributed by atoms with E-state index in [-0.39, 0.29) is 18.2 Å². The molecule has 4 rings (SSSR count). The Hall–Kier alpha value is -2.48. The molecule has 0 saturated heterocycles. The minimum atomic E-state index is -0.486. The van der Waals surface area contributed by atoms with E-state index in [9.17, 15) is 9.59 Å². The number of hydrogen-bond donors (Lipinski definition) is 2. The van der Waals surface area contributed by atoms with Gasteiger partial charge in [-0.3, -0.25) is 9.59 Å². The predicted molar refractivity (Wildman–Crippen MR) is 115 cm³/mol. The lowest BCUT2D eigenvalue weighted by molar-refractivity contribution is -0.124. The van der Waals surface area contributed by atoms with Crippen LogP contribution in [0.5, 0.6) is 0 Å². The first-order valence-electron chi connectivity index (χ1n) is 8.81. The second-order valence-electron chi connectivity index (χ2n) is 6.49. The van der Waals surface area contributed by atoms with E-state index in [0.29, 0.717) is 22.3 Å². The first-order valence-corrected chi connectivity index (χ1v) is 10.4. The lowest BCUT2D eigenvalue weighted by atomic mass is 10.2. The molecule has 0 fully saturated rings. The summed E-state index contributed by atoms with van der Waals surface area (Å²) in [4.78, 5) is 25.5. The SMILES string of the molecule is O=C(CC1Sc2ccc(Cl)cc2NC1=O)NCc1cnn(-c2ccc(Cl)cc2)c1. The highest BCUT2D eigenvalue weighted by molar-refractivity contribution is 8.01. The number of halogens is 2. The van der Waals surface area contributed by atoms with Crippen molar-refractivity contribution in [1.29, 1.82) is 0 Å². The van der Waals surface area contributed by atoms with Gasteiger partial charge in [0.05, 0.1) is 22.8 Å². The first-order chi connectivity index (χ1) is 14.0. The topological polar surface area (TPSA) is 76.0 Å². The third-order valence-electron chi connectivity index (χ3n) is 4.35. The molecule has 2 N–H and O–H groups in total. The maximum atomic E-state index is 12.3. The summed E-state index contributed by atoms with van der Waals surface area (Å²) < 4.78 is 1.71. The zero-order valence-corrected chi connectivity index (χ0v) is 17.4. The average Bonchev–Trinajstić information content (AvgIpc) is 3.17. The fraction of sp³-hybridized carbons (Fsp3) is 0.150. The summed E-state index contributed by atoms with van der Waals surface area (Å²) in [6.07, 6.45) is 3.62. The molecule has 6 nitrogen and oxygen atoms in total. The van der Waals surface area contributed by atoms with Crippen molar-refractivity contribution in [1.82, 2.24) is 15.1 Å². The van der Waals surface area contributed by atoms with E-state index in [1.165, 1.54) is 11.8 Å². The number of hydrogen-bond acceptors (Lipinski definition) is 4. The highest BCUT2D eigenvalue weighted by atomic mass is 35.5. The molecule has 3 aromatic rings. The van der Waals surface area contributed by atoms with Crippen molar-refractivity contribution in [2.75, 3.05) is 5.32 Å². The molecule has 1 unspecified atom stereocenters. The van der Waals surface area contributed by atoms with E-state index in [0.717, 1.165) is 16.1 Å². The van der Waals surface area contributed by atoms with Gasteiger partial charge in [0.15, 0.2) is 0 Å². The second-order valence-corrected chi connectivity index (χ2v) is 8.60. The van der Waals surface area contributed by atoms with Crippen LogP contribution in [0.4, 0.5) is 5.69 Å². The largest absolute Gasteiger partial charge is 0.352 e. The number of carbonyl (C=O) groups is 2. The molecule has 0 spiro atoms. The lowest BCUT2D eigenvalue weighted by Gasteiger charge is -2.23. The zero-order chi connectivity index (χ0) is 20.4. The lowest BCUT2D eigenvalue weighted by Crippen LogP contribution is -2.34. The maximum absolute atomic E-state index is 12.3. The van der Waals surface area contributed by atoms with E-state index in [1.54, 1.807) is 35.1 Å². The van der Waals surface area contributed by atoms with Crippen molar-refractivity contribution in [2.45, 2.75) is 23.1 Å². The van der Waals surface area contributed by atoms with E-state index in [1.807, 2.05) is 24.4 Å². The minimum absolute atomic E-state index is 0.0872. The highest BCUT2D eigenvalue weighted by Crippen LogP contribution is 2.38. The molecule has 0 bridgehead atoms. The summed E-state index contributed by atoms with van der Waals surface area (Å²) in [6.45, 7) is 0.331. The average molecular weight is 447 g/mol. The highest BCUT2D eigenvalue weighted by Gasteiger charge is 2.29. The molecule has 0 aliphatic carbocycles. The monoisotopic (exact) mass is 446 g/mol. The van der Waals surface area contributed by atoms with Crippen LogP contribution in [0.25, 0.3) is 5.69 Å². The standard InChI is InChI=1S/C20H16Cl2N4O2S/c21-13-1-4-15(5-2-13)26-11-12(10-24-26)9-23-19(27)8-18-20(28)25-16-7-14(22)3-6-17(16)29-18/h1-7,10-11,18H,8-9H2,(H,23,27)(H,25,28). The number of thioether (sulfide) groups is 1. The summed E-state index contributed by atoms with van der Waals surface area (Å²) in [6, 6.07) is 12.6. The van der Waals surface area contributed by atoms with Gasteiger partial charge in [-0.25, -0.2) is 4.68 Å². The van der Waals surface area contributed by atoms with E-state index >= 15 is 0 Å². The summed E-state index contributed by atoms with van der Waals surface area (Å²) in [5.41, 5.74) is 2.41. The summed E-state index contributed by atoms with van der Waals surface area (Å²) in [5.74, 6) is -0.398. The van der Waals surface area contributed by atoms with Crippen LogP contribution in [0.1, 0.15) is 12.0 Å². The maximum Gasteiger partial charge on any atom is 0.238 e. The number of nitrogens with zero attached hydrogens (tertiary/aromatic N) is 2. The van der Waals surface area contributed by atoms with Crippen molar-refractivity contribution in [3.05, 3.63) is 70.5 Å². The Bertz CT molecular complexity index is 1070. The quantitative estimate of drug-likeness (QED) is 0.612. The zero-order valence-electron chi connectivity index (χ0n) is 15.1. The molecule has 1 atom stereocenters. The summed E-state index contributed by atoms with van der Waals surface area (Å²) in [7, 11) is 0. The van der Waals surface area contributed by atoms with Crippen LogP contribution in [-0.4, -0.2) is 26.8 Å². The Balaban J connectivity index is 1.33. The third-order valence-corrected chi connectivity index (χ3v) is 6.11. The minimum Gasteiger partial charge on any atom is -0.352 e. The Morgan fingerprint density at radius 3 is 2.72 bits per heavy atom. The van der Waals surface area contributed by atoms with Crippen LogP contribution in [0, 0.1) is 0 Å². The van der Waals surface area contributed by atoms with Gasteiger partial charge in [0.2, 0.25) is 11.8 Å². The molecular weight excluding hydrogens is 431 g/mol. The van der Waals surface area contributed by atoms with Crippen LogP contribution >= 0.6 is 35.0 Å². The van der Waals surface area contributed by atoms with Crippen molar-refractivity contribution >= 4 is 52.5 Å². The molecular formula is C20H16Cl2N4O2S. The molecule has 2 heterocycles. The molecule has 148 valence electrons. The fourth-order valence-corrected chi connectivity index (χ4v) is 4.27. The van der Waals surface area contributed by atoms with Gasteiger partial charge >= 0.3 is 0 Å². The molecule has 29 heavy (non-hydrogen) atoms. The molecule has 0 saturated carbocycles. The van der Waals surface area contributed by atoms with Gasteiger partial charge in [0.25, 0.3) is 0 Å². The van der Waals surface area contributed by atoms with Crippen LogP contribution in [0.2, 0.25) is 10.0 Å². The van der Waals surface area contributed by atoms with Crippen molar-refractivity contribution in [3.8, 4) is 5.69 Å². The first kappa shape index (κ1) is 19.8. The van der Waals surface area contributed by atoms with Gasteiger partial charge in [-0.15, -0.1) is 11.8 Å². The van der Waals surface area contributed by atoms with Crippen molar-refractivity contribution < 1.29 is 9.59 Å². The Labute approximate surface area is 181 Å².